The van der Waals surface area contributed by atoms with Gasteiger partial charge in [-0.1, -0.05) is 0 Å². The Kier molecular flexibility index (Phi) is 4.67. The average Bonchev–Trinajstić information content (AvgIpc) is 2.81. The normalized spacial score (nSPS) is 10.4. The summed E-state index contributed by atoms with van der Waals surface area (Å²) in [6.07, 6.45) is 5.73. The number of ether oxygens (including phenoxy) is 1. The molecule has 0 atom stereocenters. The number of hydrogen-bond donors (Lipinski definition) is 3. The number of H-pyrrole nitrogens is 1. The molecule has 0 saturated heterocycles. The fraction of sp³-hybridized carbons (Fsp3) is 0.333. The van der Waals surface area contributed by atoms with Gasteiger partial charge in [-0.3, -0.25) is 10.4 Å². The van der Waals surface area contributed by atoms with E-state index in [9.17, 15) is 4.79 Å². The van der Waals surface area contributed by atoms with E-state index in [0.717, 1.165) is 10.9 Å². The third-order valence-electron chi connectivity index (χ3n) is 2.70. The predicted molar refractivity (Wildman–Crippen MR) is 82.3 cm³/mol. The Morgan fingerprint density at radius 1 is 1.52 bits per heavy atom. The average molecular weight is 286 g/mol. The molecule has 2 amide bonds. The van der Waals surface area contributed by atoms with Crippen LogP contribution in [0.25, 0.3) is 10.9 Å². The van der Waals surface area contributed by atoms with Crippen molar-refractivity contribution in [3.8, 4) is 18.1 Å². The summed E-state index contributed by atoms with van der Waals surface area (Å²) in [6, 6.07) is 5.25. The van der Waals surface area contributed by atoms with Crippen molar-refractivity contribution in [3.63, 3.8) is 0 Å². The van der Waals surface area contributed by atoms with E-state index in [4.69, 9.17) is 11.2 Å². The molecule has 6 heteroatoms. The third kappa shape index (κ3) is 3.89. The van der Waals surface area contributed by atoms with E-state index in [1.165, 1.54) is 0 Å². The number of urea groups is 1. The number of nitrogens with one attached hydrogen (secondary N) is 3. The molecule has 1 aromatic heterocycles. The first-order valence-electron chi connectivity index (χ1n) is 6.72. The highest BCUT2D eigenvalue weighted by Gasteiger charge is 2.10. The highest BCUT2D eigenvalue weighted by molar-refractivity contribution is 5.99. The number of carbonyl (C=O) groups is 1. The zero-order chi connectivity index (χ0) is 15.2. The van der Waals surface area contributed by atoms with Crippen LogP contribution < -0.4 is 15.4 Å². The molecule has 3 N–H and O–H groups in total. The Labute approximate surface area is 123 Å². The summed E-state index contributed by atoms with van der Waals surface area (Å²) in [6.45, 7) is 4.23. The number of fused-ring (bicyclic) bond motifs is 1. The van der Waals surface area contributed by atoms with Crippen LogP contribution in [0.5, 0.6) is 5.75 Å². The van der Waals surface area contributed by atoms with E-state index in [1.807, 2.05) is 32.0 Å². The fourth-order valence-corrected chi connectivity index (χ4v) is 1.81. The maximum absolute atomic E-state index is 11.7. The topological polar surface area (TPSA) is 79.0 Å². The smallest absolute Gasteiger partial charge is 0.320 e. The van der Waals surface area contributed by atoms with Crippen molar-refractivity contribution in [1.82, 2.24) is 15.5 Å². The number of benzene rings is 1. The van der Waals surface area contributed by atoms with Crippen molar-refractivity contribution in [2.75, 3.05) is 11.9 Å². The second kappa shape index (κ2) is 6.66. The fourth-order valence-electron chi connectivity index (χ4n) is 1.81. The molecule has 0 saturated carbocycles. The summed E-state index contributed by atoms with van der Waals surface area (Å²) in [5.41, 5.74) is 0.819. The highest BCUT2D eigenvalue weighted by Crippen LogP contribution is 2.25. The maximum atomic E-state index is 11.7. The second-order valence-electron chi connectivity index (χ2n) is 4.84. The quantitative estimate of drug-likeness (QED) is 0.583. The van der Waals surface area contributed by atoms with Crippen LogP contribution in [0.4, 0.5) is 10.6 Å². The van der Waals surface area contributed by atoms with E-state index >= 15 is 0 Å². The molecule has 0 bridgehead atoms. The molecule has 21 heavy (non-hydrogen) atoms. The van der Waals surface area contributed by atoms with Gasteiger partial charge in [0.25, 0.3) is 0 Å². The largest absolute Gasteiger partial charge is 0.493 e. The van der Waals surface area contributed by atoms with E-state index < -0.39 is 0 Å². The molecule has 0 aliphatic rings. The van der Waals surface area contributed by atoms with Gasteiger partial charge in [-0.2, -0.15) is 5.10 Å². The van der Waals surface area contributed by atoms with Crippen molar-refractivity contribution in [1.29, 1.82) is 0 Å². The first-order valence-corrected chi connectivity index (χ1v) is 6.72. The van der Waals surface area contributed by atoms with Crippen LogP contribution in [-0.4, -0.2) is 28.9 Å². The zero-order valence-corrected chi connectivity index (χ0v) is 12.1. The summed E-state index contributed by atoms with van der Waals surface area (Å²) in [5, 5.41) is 13.2. The van der Waals surface area contributed by atoms with Crippen LogP contribution in [-0.2, 0) is 0 Å². The summed E-state index contributed by atoms with van der Waals surface area (Å²) < 4.78 is 5.54. The number of amides is 2. The van der Waals surface area contributed by atoms with Gasteiger partial charge in [-0.25, -0.2) is 4.79 Å². The van der Waals surface area contributed by atoms with E-state index in [2.05, 4.69) is 26.8 Å². The lowest BCUT2D eigenvalue weighted by atomic mass is 10.2. The molecular formula is C15H18N4O2. The summed E-state index contributed by atoms with van der Waals surface area (Å²) in [7, 11) is 0. The minimum Gasteiger partial charge on any atom is -0.493 e. The SMILES string of the molecule is C#CCCOc1ccc2[nH]nc(NC(=O)NC(C)C)c2c1. The van der Waals surface area contributed by atoms with Gasteiger partial charge in [0.05, 0.1) is 12.1 Å². The van der Waals surface area contributed by atoms with Gasteiger partial charge in [0.1, 0.15) is 5.75 Å². The molecule has 0 aliphatic heterocycles. The minimum atomic E-state index is -0.294. The molecule has 1 aromatic carbocycles. The van der Waals surface area contributed by atoms with Crippen LogP contribution in [0.15, 0.2) is 18.2 Å². The van der Waals surface area contributed by atoms with Crippen LogP contribution in [0.3, 0.4) is 0 Å². The van der Waals surface area contributed by atoms with Crippen LogP contribution >= 0.6 is 0 Å². The second-order valence-corrected chi connectivity index (χ2v) is 4.84. The number of anilines is 1. The van der Waals surface area contributed by atoms with Gasteiger partial charge in [-0.15, -0.1) is 12.3 Å². The van der Waals surface area contributed by atoms with Crippen molar-refractivity contribution in [3.05, 3.63) is 18.2 Å². The maximum Gasteiger partial charge on any atom is 0.320 e. The molecule has 0 radical (unpaired) electrons. The standard InChI is InChI=1S/C15H18N4O2/c1-4-5-8-21-11-6-7-13-12(9-11)14(19-18-13)17-15(20)16-10(2)3/h1,6-7,9-10H,5,8H2,2-3H3,(H3,16,17,18,19,20). The highest BCUT2D eigenvalue weighted by atomic mass is 16.5. The van der Waals surface area contributed by atoms with Gasteiger partial charge in [0.2, 0.25) is 0 Å². The Morgan fingerprint density at radius 2 is 2.33 bits per heavy atom. The van der Waals surface area contributed by atoms with Gasteiger partial charge in [0, 0.05) is 17.8 Å². The molecular weight excluding hydrogens is 268 g/mol. The number of aromatic amines is 1. The first kappa shape index (κ1) is 14.7. The number of hydrogen-bond acceptors (Lipinski definition) is 3. The summed E-state index contributed by atoms with van der Waals surface area (Å²) in [5.74, 6) is 3.67. The summed E-state index contributed by atoms with van der Waals surface area (Å²) in [4.78, 5) is 11.7. The number of rotatable bonds is 5. The molecule has 0 spiro atoms. The predicted octanol–water partition coefficient (Wildman–Crippen LogP) is 2.49. The molecule has 0 unspecified atom stereocenters. The Balaban J connectivity index is 2.15. The first-order chi connectivity index (χ1) is 10.1. The molecule has 2 rings (SSSR count). The van der Waals surface area contributed by atoms with E-state index in [0.29, 0.717) is 24.6 Å². The van der Waals surface area contributed by atoms with Crippen molar-refractivity contribution >= 4 is 22.8 Å². The molecule has 2 aromatic rings. The Hall–Kier alpha value is -2.68. The molecule has 1 heterocycles. The van der Waals surface area contributed by atoms with Gasteiger partial charge >= 0.3 is 6.03 Å². The van der Waals surface area contributed by atoms with Crippen LogP contribution in [0, 0.1) is 12.3 Å². The number of aromatic nitrogens is 2. The number of terminal acetylenes is 1. The molecule has 110 valence electrons. The molecule has 0 aliphatic carbocycles. The molecule has 0 fully saturated rings. The lowest BCUT2D eigenvalue weighted by Gasteiger charge is -2.08. The Bertz CT molecular complexity index is 670. The number of nitrogens with zero attached hydrogens (tertiary/aromatic N) is 1. The van der Waals surface area contributed by atoms with E-state index in [-0.39, 0.29) is 12.1 Å². The monoisotopic (exact) mass is 286 g/mol. The third-order valence-corrected chi connectivity index (χ3v) is 2.70. The van der Waals surface area contributed by atoms with Gasteiger partial charge in [-0.05, 0) is 32.0 Å². The lowest BCUT2D eigenvalue weighted by Crippen LogP contribution is -2.34. The van der Waals surface area contributed by atoms with Crippen molar-refractivity contribution in [2.24, 2.45) is 0 Å². The lowest BCUT2D eigenvalue weighted by molar-refractivity contribution is 0.250. The van der Waals surface area contributed by atoms with Crippen molar-refractivity contribution in [2.45, 2.75) is 26.3 Å². The zero-order valence-electron chi connectivity index (χ0n) is 12.1. The van der Waals surface area contributed by atoms with E-state index in [1.54, 1.807) is 0 Å². The van der Waals surface area contributed by atoms with Crippen LogP contribution in [0.1, 0.15) is 20.3 Å². The number of carbonyl (C=O) groups excluding carboxylic acids is 1. The minimum absolute atomic E-state index is 0.0536. The van der Waals surface area contributed by atoms with Crippen LogP contribution in [0.2, 0.25) is 0 Å². The molecule has 6 nitrogen and oxygen atoms in total. The van der Waals surface area contributed by atoms with Gasteiger partial charge < -0.3 is 10.1 Å². The Morgan fingerprint density at radius 3 is 3.05 bits per heavy atom. The van der Waals surface area contributed by atoms with Gasteiger partial charge in [0.15, 0.2) is 5.82 Å². The summed E-state index contributed by atoms with van der Waals surface area (Å²) >= 11 is 0. The van der Waals surface area contributed by atoms with Crippen molar-refractivity contribution < 1.29 is 9.53 Å².